The SMILES string of the molecule is C[C@H]1C[C@@H]2C[C@H](C1)C1(c3ccccc3-c3c(N(c4ccc(-c5ccc(-n6c7ccccc7c7ccccc76)cc5)cc4)c4cccc(-c5ccccc5)c4)cccc31)[C@H](C)C2. The summed E-state index contributed by atoms with van der Waals surface area (Å²) < 4.78 is 2.39. The largest absolute Gasteiger partial charge is 0.310 e. The molecule has 2 heteroatoms. The van der Waals surface area contributed by atoms with E-state index in [0.717, 1.165) is 17.5 Å². The van der Waals surface area contributed by atoms with Gasteiger partial charge in [-0.25, -0.2) is 0 Å². The summed E-state index contributed by atoms with van der Waals surface area (Å²) in [7, 11) is 0. The van der Waals surface area contributed by atoms with Gasteiger partial charge in [0, 0.05) is 38.8 Å². The van der Waals surface area contributed by atoms with Crippen LogP contribution in [0.2, 0.25) is 0 Å². The average Bonchev–Trinajstić information content (AvgIpc) is 3.81. The standard InChI is InChI=1S/C59H50N2/c1-39-34-41-36-40(2)59(46(35-39)37-41)53-21-9-6-20-52(53)58-54(59)22-13-25-57(58)60(49-17-12-16-45(38-49)42-14-4-3-5-15-42)47-30-26-43(27-31-47)44-28-32-48(33-29-44)61-55-23-10-7-18-50(55)51-19-8-11-24-56(51)61/h3-33,38-41,46H,34-37H2,1-2H3/t39-,40+,41-,46-,59?/m0/s1. The number of aromatic nitrogens is 1. The molecule has 0 aliphatic heterocycles. The van der Waals surface area contributed by atoms with Crippen LogP contribution in [0.25, 0.3) is 60.9 Å². The molecule has 2 bridgehead atoms. The van der Waals surface area contributed by atoms with E-state index in [0.29, 0.717) is 11.8 Å². The molecule has 296 valence electrons. The summed E-state index contributed by atoms with van der Waals surface area (Å²) in [5.41, 5.74) is 18.0. The fourth-order valence-electron chi connectivity index (χ4n) is 12.6. The highest BCUT2D eigenvalue weighted by molar-refractivity contribution is 6.09. The molecule has 0 radical (unpaired) electrons. The molecule has 1 heterocycles. The van der Waals surface area contributed by atoms with E-state index >= 15 is 0 Å². The molecule has 3 aliphatic rings. The van der Waals surface area contributed by atoms with Crippen molar-refractivity contribution in [2.24, 2.45) is 23.7 Å². The summed E-state index contributed by atoms with van der Waals surface area (Å²) >= 11 is 0. The number of hydrogen-bond donors (Lipinski definition) is 0. The van der Waals surface area contributed by atoms with Gasteiger partial charge in [-0.3, -0.25) is 0 Å². The molecule has 1 unspecified atom stereocenters. The van der Waals surface area contributed by atoms with Gasteiger partial charge >= 0.3 is 0 Å². The Morgan fingerprint density at radius 2 is 1.08 bits per heavy atom. The summed E-state index contributed by atoms with van der Waals surface area (Å²) in [5, 5.41) is 2.56. The van der Waals surface area contributed by atoms with Crippen LogP contribution in [0.4, 0.5) is 17.1 Å². The van der Waals surface area contributed by atoms with Gasteiger partial charge in [0.15, 0.2) is 0 Å². The van der Waals surface area contributed by atoms with Gasteiger partial charge in [-0.05, 0) is 143 Å². The Bertz CT molecular complexity index is 3030. The van der Waals surface area contributed by atoms with Crippen LogP contribution in [0.15, 0.2) is 194 Å². The second-order valence-corrected chi connectivity index (χ2v) is 18.3. The molecule has 61 heavy (non-hydrogen) atoms. The second-order valence-electron chi connectivity index (χ2n) is 18.3. The Balaban J connectivity index is 0.986. The van der Waals surface area contributed by atoms with Crippen LogP contribution in [0.3, 0.4) is 0 Å². The molecule has 1 aromatic heterocycles. The number of nitrogens with zero attached hydrogens (tertiary/aromatic N) is 2. The van der Waals surface area contributed by atoms with Gasteiger partial charge in [-0.2, -0.15) is 0 Å². The fraction of sp³-hybridized carbons (Fsp3) is 0.186. The summed E-state index contributed by atoms with van der Waals surface area (Å²) in [6, 6.07) is 72.5. The minimum Gasteiger partial charge on any atom is -0.310 e. The van der Waals surface area contributed by atoms with Gasteiger partial charge in [0.05, 0.1) is 16.7 Å². The molecule has 1 spiro atoms. The molecule has 3 aliphatic carbocycles. The van der Waals surface area contributed by atoms with Gasteiger partial charge in [0.25, 0.3) is 0 Å². The third kappa shape index (κ3) is 5.61. The molecule has 8 aromatic carbocycles. The predicted molar refractivity (Wildman–Crippen MR) is 256 cm³/mol. The molecule has 2 saturated carbocycles. The fourth-order valence-corrected chi connectivity index (χ4v) is 12.6. The van der Waals surface area contributed by atoms with E-state index in [1.807, 2.05) is 0 Å². The van der Waals surface area contributed by atoms with E-state index in [9.17, 15) is 0 Å². The molecular weight excluding hydrogens is 737 g/mol. The highest BCUT2D eigenvalue weighted by Gasteiger charge is 2.57. The molecule has 2 nitrogen and oxygen atoms in total. The van der Waals surface area contributed by atoms with Crippen molar-refractivity contribution in [1.82, 2.24) is 4.57 Å². The first kappa shape index (κ1) is 36.2. The third-order valence-corrected chi connectivity index (χ3v) is 14.9. The Morgan fingerprint density at radius 1 is 0.475 bits per heavy atom. The highest BCUT2D eigenvalue weighted by atomic mass is 15.1. The van der Waals surface area contributed by atoms with Crippen LogP contribution in [0.1, 0.15) is 50.7 Å². The number of fused-ring (bicyclic) bond motifs is 11. The molecule has 0 amide bonds. The monoisotopic (exact) mass is 786 g/mol. The van der Waals surface area contributed by atoms with Crippen molar-refractivity contribution in [3.63, 3.8) is 0 Å². The molecule has 0 N–H and O–H groups in total. The van der Waals surface area contributed by atoms with Crippen LogP contribution in [-0.4, -0.2) is 4.57 Å². The quantitative estimate of drug-likeness (QED) is 0.163. The minimum absolute atomic E-state index is 0.0277. The van der Waals surface area contributed by atoms with E-state index in [2.05, 4.69) is 217 Å². The first-order valence-corrected chi connectivity index (χ1v) is 22.4. The van der Waals surface area contributed by atoms with E-state index in [-0.39, 0.29) is 5.41 Å². The van der Waals surface area contributed by atoms with Crippen molar-refractivity contribution >= 4 is 38.9 Å². The third-order valence-electron chi connectivity index (χ3n) is 14.9. The van der Waals surface area contributed by atoms with E-state index in [1.165, 1.54) is 97.9 Å². The van der Waals surface area contributed by atoms with E-state index < -0.39 is 0 Å². The van der Waals surface area contributed by atoms with Gasteiger partial charge in [-0.1, -0.05) is 153 Å². The molecule has 12 rings (SSSR count). The lowest BCUT2D eigenvalue weighted by molar-refractivity contribution is 0.0426. The molecule has 2 fully saturated rings. The van der Waals surface area contributed by atoms with E-state index in [1.54, 1.807) is 11.1 Å². The maximum Gasteiger partial charge on any atom is 0.0543 e. The predicted octanol–water partition coefficient (Wildman–Crippen LogP) is 15.9. The zero-order chi connectivity index (χ0) is 40.7. The topological polar surface area (TPSA) is 8.17 Å². The van der Waals surface area contributed by atoms with Crippen LogP contribution in [0, 0.1) is 23.7 Å². The van der Waals surface area contributed by atoms with E-state index in [4.69, 9.17) is 0 Å². The maximum absolute atomic E-state index is 2.57. The lowest BCUT2D eigenvalue weighted by Gasteiger charge is -2.54. The van der Waals surface area contributed by atoms with Gasteiger partial charge in [0.1, 0.15) is 0 Å². The number of anilines is 3. The van der Waals surface area contributed by atoms with Gasteiger partial charge < -0.3 is 9.47 Å². The molecule has 0 saturated heterocycles. The molecule has 9 aromatic rings. The van der Waals surface area contributed by atoms with Crippen molar-refractivity contribution in [2.45, 2.75) is 44.9 Å². The first-order valence-electron chi connectivity index (χ1n) is 22.4. The van der Waals surface area contributed by atoms with Crippen molar-refractivity contribution in [2.75, 3.05) is 4.90 Å². The Labute approximate surface area is 359 Å². The van der Waals surface area contributed by atoms with Crippen molar-refractivity contribution < 1.29 is 0 Å². The Morgan fingerprint density at radius 3 is 1.84 bits per heavy atom. The molecular formula is C59H50N2. The lowest BCUT2D eigenvalue weighted by atomic mass is 9.49. The summed E-state index contributed by atoms with van der Waals surface area (Å²) in [6.45, 7) is 5.08. The van der Waals surface area contributed by atoms with Crippen molar-refractivity contribution in [3.8, 4) is 39.1 Å². The molecule has 5 atom stereocenters. The van der Waals surface area contributed by atoms with Gasteiger partial charge in [-0.15, -0.1) is 0 Å². The summed E-state index contributed by atoms with van der Waals surface area (Å²) in [5.74, 6) is 2.84. The van der Waals surface area contributed by atoms with Gasteiger partial charge in [0.2, 0.25) is 0 Å². The van der Waals surface area contributed by atoms with Crippen LogP contribution >= 0.6 is 0 Å². The second kappa shape index (κ2) is 14.2. The maximum atomic E-state index is 2.57. The summed E-state index contributed by atoms with van der Waals surface area (Å²) in [4.78, 5) is 2.54. The lowest BCUT2D eigenvalue weighted by Crippen LogP contribution is -2.49. The van der Waals surface area contributed by atoms with Crippen LogP contribution in [0.5, 0.6) is 0 Å². The van der Waals surface area contributed by atoms with Crippen LogP contribution in [-0.2, 0) is 5.41 Å². The van der Waals surface area contributed by atoms with Crippen molar-refractivity contribution in [1.29, 1.82) is 0 Å². The zero-order valence-electron chi connectivity index (χ0n) is 35.0. The highest BCUT2D eigenvalue weighted by Crippen LogP contribution is 2.66. The number of hydrogen-bond acceptors (Lipinski definition) is 1. The summed E-state index contributed by atoms with van der Waals surface area (Å²) in [6.07, 6.45) is 5.35. The Kier molecular flexibility index (Phi) is 8.46. The Hall–Kier alpha value is -6.64. The average molecular weight is 787 g/mol. The number of rotatable bonds is 6. The number of para-hydroxylation sites is 2. The smallest absolute Gasteiger partial charge is 0.0543 e. The minimum atomic E-state index is 0.0277. The van der Waals surface area contributed by atoms with Crippen molar-refractivity contribution in [3.05, 3.63) is 205 Å². The van der Waals surface area contributed by atoms with Crippen LogP contribution < -0.4 is 4.90 Å². The number of benzene rings is 8. The first-order chi connectivity index (χ1) is 30.1. The normalized spacial score (nSPS) is 21.4. The zero-order valence-corrected chi connectivity index (χ0v) is 35.0.